The van der Waals surface area contributed by atoms with Crippen molar-refractivity contribution in [2.45, 2.75) is 6.42 Å². The molecular formula is C9H13ClN3O2+. The van der Waals surface area contributed by atoms with Gasteiger partial charge in [0.15, 0.2) is 0 Å². The summed E-state index contributed by atoms with van der Waals surface area (Å²) in [5.41, 5.74) is 4.08. The van der Waals surface area contributed by atoms with E-state index in [1.165, 1.54) is 6.07 Å². The molecule has 82 valence electrons. The first-order chi connectivity index (χ1) is 7.16. The van der Waals surface area contributed by atoms with Gasteiger partial charge in [0, 0.05) is 19.0 Å². The van der Waals surface area contributed by atoms with Crippen molar-refractivity contribution in [2.75, 3.05) is 18.4 Å². The highest BCUT2D eigenvalue weighted by molar-refractivity contribution is 6.33. The number of benzene rings is 1. The summed E-state index contributed by atoms with van der Waals surface area (Å²) in [4.78, 5) is 10.3. The highest BCUT2D eigenvalue weighted by Gasteiger charge is 2.15. The number of halogens is 1. The van der Waals surface area contributed by atoms with Crippen LogP contribution in [0.1, 0.15) is 6.42 Å². The van der Waals surface area contributed by atoms with Gasteiger partial charge < -0.3 is 11.1 Å². The van der Waals surface area contributed by atoms with Crippen LogP contribution in [0.3, 0.4) is 0 Å². The molecule has 1 rings (SSSR count). The monoisotopic (exact) mass is 230 g/mol. The van der Waals surface area contributed by atoms with E-state index in [1.54, 1.807) is 12.1 Å². The smallest absolute Gasteiger partial charge is 0.293 e. The molecule has 0 atom stereocenters. The molecule has 1 aromatic rings. The number of hydrogen-bond acceptors (Lipinski definition) is 3. The zero-order valence-corrected chi connectivity index (χ0v) is 8.96. The Morgan fingerprint density at radius 1 is 1.53 bits per heavy atom. The van der Waals surface area contributed by atoms with Crippen molar-refractivity contribution in [1.82, 2.24) is 0 Å². The molecule has 4 N–H and O–H groups in total. The van der Waals surface area contributed by atoms with Crippen LogP contribution in [0, 0.1) is 10.1 Å². The van der Waals surface area contributed by atoms with E-state index in [4.69, 9.17) is 11.6 Å². The van der Waals surface area contributed by atoms with E-state index in [0.717, 1.165) is 13.0 Å². The Kier molecular flexibility index (Phi) is 4.33. The van der Waals surface area contributed by atoms with E-state index in [2.05, 4.69) is 11.1 Å². The number of quaternary nitrogens is 1. The second-order valence-electron chi connectivity index (χ2n) is 3.02. The molecule has 0 heterocycles. The van der Waals surface area contributed by atoms with Crippen molar-refractivity contribution < 1.29 is 10.7 Å². The number of hydrogen-bond donors (Lipinski definition) is 2. The number of rotatable bonds is 5. The topological polar surface area (TPSA) is 82.8 Å². The summed E-state index contributed by atoms with van der Waals surface area (Å²) < 4.78 is 0. The first kappa shape index (κ1) is 11.7. The molecule has 6 heteroatoms. The molecule has 0 bridgehead atoms. The van der Waals surface area contributed by atoms with Crippen LogP contribution >= 0.6 is 11.6 Å². The van der Waals surface area contributed by atoms with Crippen molar-refractivity contribution in [3.05, 3.63) is 33.3 Å². The number of nitrogens with zero attached hydrogens (tertiary/aromatic N) is 1. The standard InChI is InChI=1S/C9H12ClN3O2/c10-7-3-1-4-8(13(14)15)9(7)12-6-2-5-11/h1,3-4,12H,2,5-6,11H2/p+1. The summed E-state index contributed by atoms with van der Waals surface area (Å²) in [5, 5.41) is 14.0. The number of para-hydroxylation sites is 1. The van der Waals surface area contributed by atoms with Gasteiger partial charge in [0.05, 0.1) is 16.5 Å². The first-order valence-electron chi connectivity index (χ1n) is 4.63. The van der Waals surface area contributed by atoms with Gasteiger partial charge in [-0.25, -0.2) is 0 Å². The lowest BCUT2D eigenvalue weighted by Gasteiger charge is -2.07. The Balaban J connectivity index is 2.87. The van der Waals surface area contributed by atoms with E-state index < -0.39 is 4.92 Å². The maximum absolute atomic E-state index is 10.7. The van der Waals surface area contributed by atoms with Crippen LogP contribution in [-0.4, -0.2) is 18.0 Å². The Labute approximate surface area is 92.4 Å². The first-order valence-corrected chi connectivity index (χ1v) is 5.00. The molecule has 0 aliphatic rings. The molecule has 0 unspecified atom stereocenters. The molecule has 0 radical (unpaired) electrons. The largest absolute Gasteiger partial charge is 0.378 e. The zero-order chi connectivity index (χ0) is 11.3. The van der Waals surface area contributed by atoms with Crippen LogP contribution in [-0.2, 0) is 0 Å². The number of anilines is 1. The molecule has 5 nitrogen and oxygen atoms in total. The average molecular weight is 231 g/mol. The molecule has 0 saturated carbocycles. The van der Waals surface area contributed by atoms with E-state index >= 15 is 0 Å². The average Bonchev–Trinajstić information content (AvgIpc) is 2.20. The van der Waals surface area contributed by atoms with Crippen LogP contribution < -0.4 is 11.1 Å². The minimum Gasteiger partial charge on any atom is -0.378 e. The molecule has 0 amide bonds. The van der Waals surface area contributed by atoms with Crippen LogP contribution in [0.2, 0.25) is 5.02 Å². The molecule has 0 saturated heterocycles. The van der Waals surface area contributed by atoms with Gasteiger partial charge in [-0.05, 0) is 6.07 Å². The van der Waals surface area contributed by atoms with Gasteiger partial charge in [0.1, 0.15) is 5.69 Å². The lowest BCUT2D eigenvalue weighted by Crippen LogP contribution is -2.50. The number of nitrogens with one attached hydrogen (secondary N) is 1. The van der Waals surface area contributed by atoms with Gasteiger partial charge >= 0.3 is 0 Å². The predicted octanol–water partition coefficient (Wildman–Crippen LogP) is 1.29. The summed E-state index contributed by atoms with van der Waals surface area (Å²) in [6.45, 7) is 1.42. The highest BCUT2D eigenvalue weighted by Crippen LogP contribution is 2.31. The Morgan fingerprint density at radius 3 is 2.87 bits per heavy atom. The quantitative estimate of drug-likeness (QED) is 0.454. The second-order valence-corrected chi connectivity index (χ2v) is 3.43. The predicted molar refractivity (Wildman–Crippen MR) is 59.0 cm³/mol. The summed E-state index contributed by atoms with van der Waals surface area (Å²) >= 11 is 5.87. The third kappa shape index (κ3) is 3.07. The third-order valence-corrected chi connectivity index (χ3v) is 2.23. The van der Waals surface area contributed by atoms with Crippen LogP contribution in [0.4, 0.5) is 11.4 Å². The Morgan fingerprint density at radius 2 is 2.27 bits per heavy atom. The molecule has 15 heavy (non-hydrogen) atoms. The van der Waals surface area contributed by atoms with Gasteiger partial charge in [-0.1, -0.05) is 17.7 Å². The summed E-state index contributed by atoms with van der Waals surface area (Å²) in [5.74, 6) is 0. The van der Waals surface area contributed by atoms with Gasteiger partial charge in [-0.3, -0.25) is 10.1 Å². The van der Waals surface area contributed by atoms with Gasteiger partial charge in [-0.15, -0.1) is 0 Å². The Hall–Kier alpha value is -1.33. The van der Waals surface area contributed by atoms with Crippen molar-refractivity contribution in [3.8, 4) is 0 Å². The fourth-order valence-electron chi connectivity index (χ4n) is 1.18. The fraction of sp³-hybridized carbons (Fsp3) is 0.333. The van der Waals surface area contributed by atoms with E-state index in [9.17, 15) is 10.1 Å². The van der Waals surface area contributed by atoms with Gasteiger partial charge in [-0.2, -0.15) is 0 Å². The maximum Gasteiger partial charge on any atom is 0.293 e. The van der Waals surface area contributed by atoms with E-state index in [1.807, 2.05) is 0 Å². The van der Waals surface area contributed by atoms with Crippen LogP contribution in [0.5, 0.6) is 0 Å². The highest BCUT2D eigenvalue weighted by atomic mass is 35.5. The minimum absolute atomic E-state index is 0.00608. The molecule has 0 spiro atoms. The van der Waals surface area contributed by atoms with Crippen molar-refractivity contribution in [1.29, 1.82) is 0 Å². The molecule has 0 aliphatic carbocycles. The van der Waals surface area contributed by atoms with Crippen LogP contribution in [0.15, 0.2) is 18.2 Å². The fourth-order valence-corrected chi connectivity index (χ4v) is 1.41. The molecule has 0 aromatic heterocycles. The normalized spacial score (nSPS) is 10.0. The summed E-state index contributed by atoms with van der Waals surface area (Å²) in [6.07, 6.45) is 0.850. The number of nitro groups is 1. The second kappa shape index (κ2) is 5.53. The number of nitro benzene ring substituents is 1. The SMILES string of the molecule is [NH3+]CCCNc1c(Cl)cccc1[N+](=O)[O-]. The van der Waals surface area contributed by atoms with Crippen LogP contribution in [0.25, 0.3) is 0 Å². The van der Waals surface area contributed by atoms with Gasteiger partial charge in [0.2, 0.25) is 0 Å². The lowest BCUT2D eigenvalue weighted by molar-refractivity contribution is -0.384. The van der Waals surface area contributed by atoms with E-state index in [-0.39, 0.29) is 5.69 Å². The van der Waals surface area contributed by atoms with Crippen molar-refractivity contribution in [2.24, 2.45) is 0 Å². The summed E-state index contributed by atoms with van der Waals surface area (Å²) in [7, 11) is 0. The lowest BCUT2D eigenvalue weighted by atomic mass is 10.2. The molecule has 0 aliphatic heterocycles. The van der Waals surface area contributed by atoms with Crippen molar-refractivity contribution >= 4 is 23.0 Å². The minimum atomic E-state index is -0.446. The molecule has 1 aromatic carbocycles. The van der Waals surface area contributed by atoms with E-state index in [0.29, 0.717) is 17.3 Å². The molecule has 0 fully saturated rings. The maximum atomic E-state index is 10.7. The zero-order valence-electron chi connectivity index (χ0n) is 8.20. The van der Waals surface area contributed by atoms with Gasteiger partial charge in [0.25, 0.3) is 5.69 Å². The Bertz CT molecular complexity index is 357. The third-order valence-electron chi connectivity index (χ3n) is 1.92. The summed E-state index contributed by atoms with van der Waals surface area (Å²) in [6, 6.07) is 4.62. The molecular weight excluding hydrogens is 218 g/mol. The van der Waals surface area contributed by atoms with Crippen molar-refractivity contribution in [3.63, 3.8) is 0 Å².